The van der Waals surface area contributed by atoms with Crippen LogP contribution in [0, 0.1) is 13.8 Å². The number of halogens is 1. The topological polar surface area (TPSA) is 63.7 Å². The Morgan fingerprint density at radius 1 is 0.829 bits per heavy atom. The Morgan fingerprint density at radius 2 is 1.49 bits per heavy atom. The molecule has 0 radical (unpaired) electrons. The zero-order valence-corrected chi connectivity index (χ0v) is 21.7. The normalized spacial score (nSPS) is 11.2. The first-order valence-electron chi connectivity index (χ1n) is 11.0. The second-order valence-electron chi connectivity index (χ2n) is 8.00. The molecule has 0 fully saturated rings. The number of nitrogens with zero attached hydrogens (tertiary/aromatic N) is 1. The van der Waals surface area contributed by atoms with Gasteiger partial charge in [0.15, 0.2) is 6.61 Å². The van der Waals surface area contributed by atoms with Crippen molar-refractivity contribution >= 4 is 37.5 Å². The highest BCUT2D eigenvalue weighted by atomic mass is 79.9. The predicted molar refractivity (Wildman–Crippen MR) is 142 cm³/mol. The average molecular weight is 550 g/mol. The van der Waals surface area contributed by atoms with Crippen LogP contribution in [0.4, 0.5) is 5.69 Å². The van der Waals surface area contributed by atoms with E-state index >= 15 is 0 Å². The molecule has 0 aliphatic carbocycles. The third kappa shape index (κ3) is 5.31. The molecule has 4 aromatic carbocycles. The minimum Gasteiger partial charge on any atom is -0.483 e. The summed E-state index contributed by atoms with van der Waals surface area (Å²) in [6, 6.07) is 28.6. The number of ether oxygens (including phenoxy) is 1. The quantitative estimate of drug-likeness (QED) is 0.262. The molecule has 0 aromatic heterocycles. The van der Waals surface area contributed by atoms with Crippen molar-refractivity contribution in [1.82, 2.24) is 0 Å². The molecular weight excluding hydrogens is 526 g/mol. The minimum absolute atomic E-state index is 0.0302. The van der Waals surface area contributed by atoms with Gasteiger partial charge in [0.2, 0.25) is 0 Å². The van der Waals surface area contributed by atoms with Gasteiger partial charge in [-0.15, -0.1) is 0 Å². The van der Waals surface area contributed by atoms with Crippen molar-refractivity contribution in [3.8, 4) is 16.9 Å². The lowest BCUT2D eigenvalue weighted by Crippen LogP contribution is -2.40. The van der Waals surface area contributed by atoms with Crippen LogP contribution in [-0.4, -0.2) is 20.9 Å². The van der Waals surface area contributed by atoms with Gasteiger partial charge in [0.1, 0.15) is 5.75 Å². The van der Waals surface area contributed by atoms with Crippen molar-refractivity contribution in [3.63, 3.8) is 0 Å². The molecule has 4 rings (SSSR count). The highest BCUT2D eigenvalue weighted by Crippen LogP contribution is 2.32. The lowest BCUT2D eigenvalue weighted by Gasteiger charge is -2.25. The third-order valence-corrected chi connectivity index (χ3v) is 8.06. The fourth-order valence-electron chi connectivity index (χ4n) is 3.68. The number of hydrogen-bond acceptors (Lipinski definition) is 4. The first-order valence-corrected chi connectivity index (χ1v) is 13.2. The summed E-state index contributed by atoms with van der Waals surface area (Å²) >= 11 is 3.51. The lowest BCUT2D eigenvalue weighted by molar-refractivity contribution is -0.119. The number of carbonyl (C=O) groups excluding carboxylic acids is 1. The summed E-state index contributed by atoms with van der Waals surface area (Å²) < 4.78 is 34.4. The lowest BCUT2D eigenvalue weighted by atomic mass is 10.1. The SMILES string of the molecule is Cc1cccc(N(C(=O)COc2ccc(-c3ccccc3)cc2Br)S(=O)(=O)c2ccccc2)c1C. The smallest absolute Gasteiger partial charge is 0.278 e. The Hall–Kier alpha value is -3.42. The molecule has 4 aromatic rings. The Labute approximate surface area is 214 Å². The number of amides is 1. The summed E-state index contributed by atoms with van der Waals surface area (Å²) in [6.07, 6.45) is 0. The van der Waals surface area contributed by atoms with E-state index in [9.17, 15) is 13.2 Å². The number of hydrogen-bond donors (Lipinski definition) is 0. The van der Waals surface area contributed by atoms with Gasteiger partial charge in [0.25, 0.3) is 15.9 Å². The van der Waals surface area contributed by atoms with Crippen LogP contribution in [0.1, 0.15) is 11.1 Å². The molecule has 35 heavy (non-hydrogen) atoms. The second kappa shape index (κ2) is 10.5. The Morgan fingerprint density at radius 3 is 2.14 bits per heavy atom. The number of anilines is 1. The largest absolute Gasteiger partial charge is 0.483 e. The molecule has 0 aliphatic rings. The van der Waals surface area contributed by atoms with Crippen LogP contribution in [0.5, 0.6) is 5.75 Å². The van der Waals surface area contributed by atoms with Crippen LogP contribution in [0.25, 0.3) is 11.1 Å². The van der Waals surface area contributed by atoms with Crippen molar-refractivity contribution in [2.75, 3.05) is 10.9 Å². The van der Waals surface area contributed by atoms with Crippen molar-refractivity contribution in [2.24, 2.45) is 0 Å². The van der Waals surface area contributed by atoms with Crippen LogP contribution in [0.3, 0.4) is 0 Å². The maximum atomic E-state index is 13.6. The molecule has 0 aliphatic heterocycles. The highest BCUT2D eigenvalue weighted by Gasteiger charge is 2.32. The minimum atomic E-state index is -4.16. The van der Waals surface area contributed by atoms with E-state index in [-0.39, 0.29) is 4.90 Å². The van der Waals surface area contributed by atoms with Gasteiger partial charge in [-0.1, -0.05) is 66.7 Å². The van der Waals surface area contributed by atoms with Crippen molar-refractivity contribution in [3.05, 3.63) is 113 Å². The molecule has 0 bridgehead atoms. The molecule has 178 valence electrons. The molecule has 0 spiro atoms. The number of aryl methyl sites for hydroxylation is 1. The van der Waals surface area contributed by atoms with Gasteiger partial charge >= 0.3 is 0 Å². The van der Waals surface area contributed by atoms with E-state index in [2.05, 4.69) is 15.9 Å². The van der Waals surface area contributed by atoms with Crippen LogP contribution in [-0.2, 0) is 14.8 Å². The van der Waals surface area contributed by atoms with Gasteiger partial charge in [-0.05, 0) is 82.4 Å². The molecule has 1 amide bonds. The van der Waals surface area contributed by atoms with Crippen molar-refractivity contribution in [1.29, 1.82) is 0 Å². The van der Waals surface area contributed by atoms with Crippen LogP contribution >= 0.6 is 15.9 Å². The number of rotatable bonds is 7. The first-order chi connectivity index (χ1) is 16.8. The molecule has 0 saturated heterocycles. The van der Waals surface area contributed by atoms with E-state index in [0.717, 1.165) is 21.0 Å². The summed E-state index contributed by atoms with van der Waals surface area (Å²) in [5.74, 6) is -0.252. The highest BCUT2D eigenvalue weighted by molar-refractivity contribution is 9.10. The zero-order valence-electron chi connectivity index (χ0n) is 19.3. The molecule has 5 nitrogen and oxygen atoms in total. The molecule has 0 heterocycles. The van der Waals surface area contributed by atoms with Crippen LogP contribution in [0.15, 0.2) is 106 Å². The van der Waals surface area contributed by atoms with Gasteiger partial charge in [-0.2, -0.15) is 4.31 Å². The van der Waals surface area contributed by atoms with E-state index in [1.807, 2.05) is 55.5 Å². The monoisotopic (exact) mass is 549 g/mol. The van der Waals surface area contributed by atoms with Crippen molar-refractivity contribution in [2.45, 2.75) is 18.7 Å². The van der Waals surface area contributed by atoms with Gasteiger partial charge in [0.05, 0.1) is 15.1 Å². The summed E-state index contributed by atoms with van der Waals surface area (Å²) in [4.78, 5) is 13.4. The fraction of sp³-hybridized carbons (Fsp3) is 0.107. The molecular formula is C28H24BrNO4S. The summed E-state index contributed by atoms with van der Waals surface area (Å²) in [7, 11) is -4.16. The summed E-state index contributed by atoms with van der Waals surface area (Å²) in [5.41, 5.74) is 3.92. The van der Waals surface area contributed by atoms with Crippen LogP contribution < -0.4 is 9.04 Å². The maximum absolute atomic E-state index is 13.6. The number of benzene rings is 4. The molecule has 0 N–H and O–H groups in total. The molecule has 0 unspecified atom stereocenters. The molecule has 0 atom stereocenters. The first kappa shape index (κ1) is 24.7. The van der Waals surface area contributed by atoms with E-state index < -0.39 is 22.5 Å². The molecule has 7 heteroatoms. The number of carbonyl (C=O) groups is 1. The summed E-state index contributed by atoms with van der Waals surface area (Å²) in [5, 5.41) is 0. The predicted octanol–water partition coefficient (Wildman–Crippen LogP) is 6.53. The van der Waals surface area contributed by atoms with E-state index in [4.69, 9.17) is 4.74 Å². The standard InChI is InChI=1S/C28H24BrNO4S/c1-20-10-9-15-26(21(20)2)30(35(32,33)24-13-7-4-8-14-24)28(31)19-34-27-17-16-23(18-25(27)29)22-11-5-3-6-12-22/h3-18H,19H2,1-2H3. The Bertz CT molecular complexity index is 1460. The van der Waals surface area contributed by atoms with Gasteiger partial charge in [-0.25, -0.2) is 8.42 Å². The summed E-state index contributed by atoms with van der Waals surface area (Å²) in [6.45, 7) is 3.21. The Kier molecular flexibility index (Phi) is 7.38. The average Bonchev–Trinajstić information content (AvgIpc) is 2.87. The van der Waals surface area contributed by atoms with Crippen molar-refractivity contribution < 1.29 is 17.9 Å². The number of sulfonamides is 1. The maximum Gasteiger partial charge on any atom is 0.278 e. The van der Waals surface area contributed by atoms with Crippen LogP contribution in [0.2, 0.25) is 0 Å². The van der Waals surface area contributed by atoms with Gasteiger partial charge in [-0.3, -0.25) is 4.79 Å². The van der Waals surface area contributed by atoms with E-state index in [1.54, 1.807) is 43.3 Å². The molecule has 0 saturated carbocycles. The zero-order chi connectivity index (χ0) is 25.0. The van der Waals surface area contributed by atoms with Gasteiger partial charge < -0.3 is 4.74 Å². The van der Waals surface area contributed by atoms with E-state index in [1.165, 1.54) is 12.1 Å². The Balaban J connectivity index is 1.64. The second-order valence-corrected chi connectivity index (χ2v) is 10.6. The fourth-order valence-corrected chi connectivity index (χ4v) is 5.66. The third-order valence-electron chi connectivity index (χ3n) is 5.69. The van der Waals surface area contributed by atoms with Gasteiger partial charge in [0, 0.05) is 0 Å². The van der Waals surface area contributed by atoms with E-state index in [0.29, 0.717) is 21.5 Å².